The van der Waals surface area contributed by atoms with Crippen LogP contribution in [-0.4, -0.2) is 19.1 Å². The van der Waals surface area contributed by atoms with E-state index in [1.165, 1.54) is 6.07 Å². The number of aryl methyl sites for hydroxylation is 1. The maximum Gasteiger partial charge on any atom is 0.148 e. The predicted molar refractivity (Wildman–Crippen MR) is 86.5 cm³/mol. The van der Waals surface area contributed by atoms with E-state index in [0.29, 0.717) is 17.3 Å². The van der Waals surface area contributed by atoms with Gasteiger partial charge in [0, 0.05) is 30.0 Å². The highest BCUT2D eigenvalue weighted by Crippen LogP contribution is 2.18. The zero-order valence-electron chi connectivity index (χ0n) is 11.9. The molecule has 0 fully saturated rings. The molecule has 2 heterocycles. The first-order chi connectivity index (χ1) is 10.2. The lowest BCUT2D eigenvalue weighted by Gasteiger charge is -2.05. The number of halogens is 3. The van der Waals surface area contributed by atoms with Gasteiger partial charge in [-0.05, 0) is 18.2 Å². The molecule has 0 aliphatic rings. The fourth-order valence-electron chi connectivity index (χ4n) is 2.24. The summed E-state index contributed by atoms with van der Waals surface area (Å²) < 4.78 is 17.6. The zero-order valence-corrected chi connectivity index (χ0v) is 13.5. The van der Waals surface area contributed by atoms with Crippen LogP contribution in [0.2, 0.25) is 5.02 Å². The minimum atomic E-state index is -0.372. The van der Waals surface area contributed by atoms with E-state index in [9.17, 15) is 4.39 Å². The highest BCUT2D eigenvalue weighted by atomic mass is 35.5. The molecule has 2 aromatic heterocycles. The lowest BCUT2D eigenvalue weighted by molar-refractivity contribution is 0.618. The van der Waals surface area contributed by atoms with Gasteiger partial charge in [0.2, 0.25) is 0 Å². The van der Waals surface area contributed by atoms with Crippen molar-refractivity contribution < 1.29 is 4.39 Å². The Morgan fingerprint density at radius 3 is 2.82 bits per heavy atom. The second-order valence-electron chi connectivity index (χ2n) is 4.69. The van der Waals surface area contributed by atoms with Gasteiger partial charge in [-0.2, -0.15) is 0 Å². The van der Waals surface area contributed by atoms with E-state index >= 15 is 0 Å². The number of hydrogen-bond acceptors (Lipinski definition) is 2. The van der Waals surface area contributed by atoms with Crippen molar-refractivity contribution in [1.82, 2.24) is 19.1 Å². The normalized spacial score (nSPS) is 10.5. The Morgan fingerprint density at radius 2 is 2.09 bits per heavy atom. The number of imidazole rings is 2. The number of nitrogens with zero attached hydrogens (tertiary/aromatic N) is 4. The molecule has 0 saturated heterocycles. The van der Waals surface area contributed by atoms with Gasteiger partial charge in [-0.15, -0.1) is 12.4 Å². The molecule has 0 spiro atoms. The van der Waals surface area contributed by atoms with Gasteiger partial charge in [0.15, 0.2) is 0 Å². The van der Waals surface area contributed by atoms with Gasteiger partial charge in [-0.3, -0.25) is 0 Å². The summed E-state index contributed by atoms with van der Waals surface area (Å²) in [6, 6.07) is 4.59. The molecule has 116 valence electrons. The molecule has 0 atom stereocenters. The fraction of sp³-hybridized carbons (Fsp3) is 0.200. The van der Waals surface area contributed by atoms with E-state index in [4.69, 9.17) is 11.6 Å². The summed E-state index contributed by atoms with van der Waals surface area (Å²) in [6.07, 6.45) is 7.96. The van der Waals surface area contributed by atoms with Crippen LogP contribution < -0.4 is 0 Å². The van der Waals surface area contributed by atoms with Crippen LogP contribution in [0.4, 0.5) is 4.39 Å². The number of aromatic nitrogens is 4. The van der Waals surface area contributed by atoms with Gasteiger partial charge < -0.3 is 9.13 Å². The van der Waals surface area contributed by atoms with Crippen LogP contribution in [0, 0.1) is 5.82 Å². The Balaban J connectivity index is 0.00000176. The maximum absolute atomic E-state index is 13.9. The topological polar surface area (TPSA) is 35.6 Å². The molecule has 22 heavy (non-hydrogen) atoms. The minimum absolute atomic E-state index is 0. The summed E-state index contributed by atoms with van der Waals surface area (Å²) >= 11 is 5.76. The number of rotatable bonds is 4. The smallest absolute Gasteiger partial charge is 0.148 e. The molecular weight excluding hydrogens is 326 g/mol. The van der Waals surface area contributed by atoms with Gasteiger partial charge in [0.25, 0.3) is 0 Å². The molecule has 0 bridgehead atoms. The van der Waals surface area contributed by atoms with Crippen molar-refractivity contribution in [1.29, 1.82) is 0 Å². The SMILES string of the molecule is CCc1nccn1Cc1cn(-c2ccc(Cl)cc2F)cn1.Cl. The van der Waals surface area contributed by atoms with Gasteiger partial charge >= 0.3 is 0 Å². The van der Waals surface area contributed by atoms with Crippen LogP contribution in [-0.2, 0) is 13.0 Å². The fourth-order valence-corrected chi connectivity index (χ4v) is 2.40. The van der Waals surface area contributed by atoms with Crippen molar-refractivity contribution in [3.63, 3.8) is 0 Å². The summed E-state index contributed by atoms with van der Waals surface area (Å²) in [4.78, 5) is 8.59. The van der Waals surface area contributed by atoms with E-state index in [-0.39, 0.29) is 18.2 Å². The van der Waals surface area contributed by atoms with Crippen LogP contribution >= 0.6 is 24.0 Å². The third-order valence-corrected chi connectivity index (χ3v) is 3.51. The van der Waals surface area contributed by atoms with Gasteiger partial charge in [0.1, 0.15) is 11.6 Å². The van der Waals surface area contributed by atoms with Gasteiger partial charge in [-0.25, -0.2) is 14.4 Å². The molecule has 7 heteroatoms. The lowest BCUT2D eigenvalue weighted by atomic mass is 10.3. The molecule has 3 rings (SSSR count). The molecule has 0 aliphatic carbocycles. The van der Waals surface area contributed by atoms with Crippen molar-refractivity contribution >= 4 is 24.0 Å². The first-order valence-corrected chi connectivity index (χ1v) is 7.03. The highest BCUT2D eigenvalue weighted by molar-refractivity contribution is 6.30. The average molecular weight is 341 g/mol. The number of hydrogen-bond donors (Lipinski definition) is 0. The minimum Gasteiger partial charge on any atom is -0.329 e. The molecule has 1 aromatic carbocycles. The Kier molecular flexibility index (Phi) is 5.21. The molecule has 4 nitrogen and oxygen atoms in total. The van der Waals surface area contributed by atoms with Crippen LogP contribution in [0.1, 0.15) is 18.4 Å². The summed E-state index contributed by atoms with van der Waals surface area (Å²) in [5, 5.41) is 0.377. The van der Waals surface area contributed by atoms with Crippen LogP contribution in [0.25, 0.3) is 5.69 Å². The summed E-state index contributed by atoms with van der Waals surface area (Å²) in [5.74, 6) is 0.630. The van der Waals surface area contributed by atoms with E-state index in [1.54, 1.807) is 29.2 Å². The van der Waals surface area contributed by atoms with Crippen LogP contribution in [0.15, 0.2) is 43.1 Å². The van der Waals surface area contributed by atoms with Crippen molar-refractivity contribution in [3.05, 3.63) is 65.5 Å². The maximum atomic E-state index is 13.9. The molecule has 0 aliphatic heterocycles. The molecule has 0 N–H and O–H groups in total. The van der Waals surface area contributed by atoms with Crippen molar-refractivity contribution in [2.75, 3.05) is 0 Å². The Hall–Kier alpha value is -1.85. The first-order valence-electron chi connectivity index (χ1n) is 6.65. The lowest BCUT2D eigenvalue weighted by Crippen LogP contribution is -2.03. The van der Waals surface area contributed by atoms with Crippen molar-refractivity contribution in [2.24, 2.45) is 0 Å². The number of benzene rings is 1. The third kappa shape index (κ3) is 3.31. The van der Waals surface area contributed by atoms with Gasteiger partial charge in [-0.1, -0.05) is 18.5 Å². The largest absolute Gasteiger partial charge is 0.329 e. The first kappa shape index (κ1) is 16.5. The Labute approximate surface area is 139 Å². The molecule has 0 amide bonds. The highest BCUT2D eigenvalue weighted by Gasteiger charge is 2.08. The second-order valence-corrected chi connectivity index (χ2v) is 5.13. The molecule has 0 radical (unpaired) electrons. The zero-order chi connectivity index (χ0) is 14.8. The molecule has 0 unspecified atom stereocenters. The van der Waals surface area contributed by atoms with E-state index in [1.807, 2.05) is 17.0 Å². The van der Waals surface area contributed by atoms with Crippen molar-refractivity contribution in [3.8, 4) is 5.69 Å². The van der Waals surface area contributed by atoms with Gasteiger partial charge in [0.05, 0.1) is 24.3 Å². The summed E-state index contributed by atoms with van der Waals surface area (Å²) in [7, 11) is 0. The molecule has 3 aromatic rings. The Bertz CT molecular complexity index is 767. The molecule has 0 saturated carbocycles. The monoisotopic (exact) mass is 340 g/mol. The van der Waals surface area contributed by atoms with Crippen molar-refractivity contribution in [2.45, 2.75) is 19.9 Å². The van der Waals surface area contributed by atoms with E-state index < -0.39 is 0 Å². The third-order valence-electron chi connectivity index (χ3n) is 3.27. The van der Waals surface area contributed by atoms with Crippen LogP contribution in [0.5, 0.6) is 0 Å². The summed E-state index contributed by atoms with van der Waals surface area (Å²) in [6.45, 7) is 2.67. The van der Waals surface area contributed by atoms with Crippen LogP contribution in [0.3, 0.4) is 0 Å². The predicted octanol–water partition coefficient (Wildman–Crippen LogP) is 3.89. The standard InChI is InChI=1S/C15H14ClFN4.ClH/c1-2-15-18-5-6-20(15)8-12-9-21(10-19-12)14-4-3-11(16)7-13(14)17;/h3-7,9-10H,2,8H2,1H3;1H. The quantitative estimate of drug-likeness (QED) is 0.722. The molecular formula is C15H15Cl2FN4. The van der Waals surface area contributed by atoms with E-state index in [2.05, 4.69) is 16.9 Å². The van der Waals surface area contributed by atoms with E-state index in [0.717, 1.165) is 17.9 Å². The second kappa shape index (κ2) is 6.94. The Morgan fingerprint density at radius 1 is 1.27 bits per heavy atom. The average Bonchev–Trinajstić information content (AvgIpc) is 3.08. The summed E-state index contributed by atoms with van der Waals surface area (Å²) in [5.41, 5.74) is 1.27.